The monoisotopic (exact) mass is 176 g/mol. The predicted octanol–water partition coefficient (Wildman–Crippen LogP) is 0.497. The lowest BCUT2D eigenvalue weighted by Crippen LogP contribution is -2.22. The minimum Gasteiger partial charge on any atom is -0.427 e. The van der Waals surface area contributed by atoms with Crippen molar-refractivity contribution in [3.8, 4) is 0 Å². The summed E-state index contributed by atoms with van der Waals surface area (Å²) in [6.45, 7) is 1.93. The van der Waals surface area contributed by atoms with E-state index in [0.717, 1.165) is 18.8 Å². The van der Waals surface area contributed by atoms with Gasteiger partial charge >= 0.3 is 7.62 Å². The Hall–Kier alpha value is -0.995. The van der Waals surface area contributed by atoms with Crippen molar-refractivity contribution in [3.63, 3.8) is 0 Å². The van der Waals surface area contributed by atoms with Crippen LogP contribution in [0, 0.1) is 0 Å². The minimum atomic E-state index is 0.689. The maximum Gasteiger partial charge on any atom is 0.363 e. The third kappa shape index (κ3) is 1.69. The van der Waals surface area contributed by atoms with Crippen molar-refractivity contribution in [1.82, 2.24) is 4.81 Å². The maximum atomic E-state index is 5.70. The number of nitrogens with two attached hydrogens (primary N) is 1. The summed E-state index contributed by atoms with van der Waals surface area (Å²) in [6, 6.07) is 6.10. The fourth-order valence-electron chi connectivity index (χ4n) is 1.76. The molecule has 0 unspecified atom stereocenters. The molecule has 0 saturated carbocycles. The van der Waals surface area contributed by atoms with Crippen LogP contribution in [0.2, 0.25) is 0 Å². The molecule has 0 spiro atoms. The quantitative estimate of drug-likeness (QED) is 0.526. The SMILES string of the molecule is COBN1Cc2ccc(N)cc2C1. The summed E-state index contributed by atoms with van der Waals surface area (Å²) < 4.78 is 5.08. The number of rotatable bonds is 2. The Morgan fingerprint density at radius 3 is 2.92 bits per heavy atom. The second-order valence-electron chi connectivity index (χ2n) is 3.43. The van der Waals surface area contributed by atoms with Crippen molar-refractivity contribution in [2.75, 3.05) is 12.8 Å². The molecular weight excluding hydrogens is 163 g/mol. The van der Waals surface area contributed by atoms with Gasteiger partial charge < -0.3 is 15.2 Å². The molecule has 2 N–H and O–H groups in total. The second-order valence-corrected chi connectivity index (χ2v) is 3.43. The number of fused-ring (bicyclic) bond motifs is 1. The highest BCUT2D eigenvalue weighted by Gasteiger charge is 2.18. The van der Waals surface area contributed by atoms with Crippen molar-refractivity contribution >= 4 is 13.3 Å². The first kappa shape index (κ1) is 8.60. The van der Waals surface area contributed by atoms with Crippen molar-refractivity contribution in [1.29, 1.82) is 0 Å². The number of hydrogen-bond acceptors (Lipinski definition) is 3. The highest BCUT2D eigenvalue weighted by molar-refractivity contribution is 6.23. The normalized spacial score (nSPS) is 15.8. The van der Waals surface area contributed by atoms with Crippen LogP contribution in [0.3, 0.4) is 0 Å². The van der Waals surface area contributed by atoms with Gasteiger partial charge in [0.05, 0.1) is 0 Å². The maximum absolute atomic E-state index is 5.70. The molecule has 0 amide bonds. The van der Waals surface area contributed by atoms with Crippen LogP contribution in [0.15, 0.2) is 18.2 Å². The van der Waals surface area contributed by atoms with E-state index in [1.807, 2.05) is 12.1 Å². The van der Waals surface area contributed by atoms with Crippen LogP contribution < -0.4 is 5.73 Å². The molecule has 0 aromatic heterocycles. The van der Waals surface area contributed by atoms with Crippen LogP contribution in [-0.2, 0) is 17.7 Å². The Labute approximate surface area is 78.8 Å². The molecular formula is C9H13BN2O. The van der Waals surface area contributed by atoms with E-state index >= 15 is 0 Å². The molecule has 1 aromatic carbocycles. The number of benzene rings is 1. The van der Waals surface area contributed by atoms with Gasteiger partial charge in [-0.2, -0.15) is 0 Å². The Bertz CT molecular complexity index is 316. The molecule has 0 radical (unpaired) electrons. The molecule has 0 saturated heterocycles. The van der Waals surface area contributed by atoms with Gasteiger partial charge in [-0.1, -0.05) is 6.07 Å². The number of nitrogen functional groups attached to an aromatic ring is 1. The summed E-state index contributed by atoms with van der Waals surface area (Å²) in [5.74, 6) is 0. The fraction of sp³-hybridized carbons (Fsp3) is 0.333. The molecule has 4 heteroatoms. The first-order valence-corrected chi connectivity index (χ1v) is 4.38. The van der Waals surface area contributed by atoms with Gasteiger partial charge in [0.2, 0.25) is 0 Å². The molecule has 13 heavy (non-hydrogen) atoms. The fourth-order valence-corrected chi connectivity index (χ4v) is 1.76. The van der Waals surface area contributed by atoms with Crippen LogP contribution >= 0.6 is 0 Å². The van der Waals surface area contributed by atoms with Crippen molar-refractivity contribution in [2.24, 2.45) is 0 Å². The standard InChI is InChI=1S/C9H13BN2O/c1-13-10-12-5-7-2-3-9(11)4-8(7)6-12/h2-4,10H,5-6,11H2,1H3. The zero-order valence-corrected chi connectivity index (χ0v) is 7.79. The van der Waals surface area contributed by atoms with Gasteiger partial charge in [-0.05, 0) is 23.3 Å². The smallest absolute Gasteiger partial charge is 0.363 e. The third-order valence-corrected chi connectivity index (χ3v) is 2.33. The summed E-state index contributed by atoms with van der Waals surface area (Å²) in [5.41, 5.74) is 9.24. The molecule has 0 fully saturated rings. The summed E-state index contributed by atoms with van der Waals surface area (Å²) in [7, 11) is 2.41. The van der Waals surface area contributed by atoms with Gasteiger partial charge in [0.1, 0.15) is 0 Å². The van der Waals surface area contributed by atoms with Gasteiger partial charge in [-0.15, -0.1) is 0 Å². The zero-order valence-electron chi connectivity index (χ0n) is 7.79. The molecule has 68 valence electrons. The van der Waals surface area contributed by atoms with E-state index in [4.69, 9.17) is 10.4 Å². The average molecular weight is 176 g/mol. The summed E-state index contributed by atoms with van der Waals surface area (Å²) in [6.07, 6.45) is 0. The molecule has 3 nitrogen and oxygen atoms in total. The van der Waals surface area contributed by atoms with Gasteiger partial charge in [-0.3, -0.25) is 0 Å². The van der Waals surface area contributed by atoms with E-state index in [1.54, 1.807) is 7.11 Å². The summed E-state index contributed by atoms with van der Waals surface area (Å²) in [5, 5.41) is 0. The molecule has 1 aliphatic heterocycles. The van der Waals surface area contributed by atoms with Crippen LogP contribution in [-0.4, -0.2) is 19.5 Å². The Kier molecular flexibility index (Phi) is 2.25. The van der Waals surface area contributed by atoms with E-state index in [2.05, 4.69) is 10.9 Å². The molecule has 1 aromatic rings. The molecule has 0 bridgehead atoms. The Balaban J connectivity index is 2.16. The highest BCUT2D eigenvalue weighted by Crippen LogP contribution is 2.23. The highest BCUT2D eigenvalue weighted by atomic mass is 16.4. The van der Waals surface area contributed by atoms with Crippen LogP contribution in [0.1, 0.15) is 11.1 Å². The van der Waals surface area contributed by atoms with Gasteiger partial charge in [-0.25, -0.2) is 0 Å². The third-order valence-electron chi connectivity index (χ3n) is 2.33. The van der Waals surface area contributed by atoms with E-state index in [0.29, 0.717) is 7.62 Å². The lowest BCUT2D eigenvalue weighted by molar-refractivity contribution is 0.345. The largest absolute Gasteiger partial charge is 0.427 e. The van der Waals surface area contributed by atoms with Gasteiger partial charge in [0.25, 0.3) is 0 Å². The predicted molar refractivity (Wildman–Crippen MR) is 54.3 cm³/mol. The first-order chi connectivity index (χ1) is 6.29. The van der Waals surface area contributed by atoms with E-state index < -0.39 is 0 Å². The van der Waals surface area contributed by atoms with Crippen molar-refractivity contribution < 1.29 is 4.65 Å². The summed E-state index contributed by atoms with van der Waals surface area (Å²) >= 11 is 0. The lowest BCUT2D eigenvalue weighted by atomic mass is 10.1. The number of anilines is 1. The van der Waals surface area contributed by atoms with Crippen LogP contribution in [0.5, 0.6) is 0 Å². The Morgan fingerprint density at radius 1 is 1.38 bits per heavy atom. The topological polar surface area (TPSA) is 38.5 Å². The minimum absolute atomic E-state index is 0.689. The molecule has 1 heterocycles. The summed E-state index contributed by atoms with van der Waals surface area (Å²) in [4.78, 5) is 2.24. The van der Waals surface area contributed by atoms with Crippen molar-refractivity contribution in [3.05, 3.63) is 29.3 Å². The van der Waals surface area contributed by atoms with E-state index in [1.165, 1.54) is 11.1 Å². The van der Waals surface area contributed by atoms with E-state index in [-0.39, 0.29) is 0 Å². The van der Waals surface area contributed by atoms with Crippen molar-refractivity contribution in [2.45, 2.75) is 13.1 Å². The average Bonchev–Trinajstić information content (AvgIpc) is 2.46. The molecule has 0 aliphatic carbocycles. The number of hydrogen-bond donors (Lipinski definition) is 1. The molecule has 2 rings (SSSR count). The van der Waals surface area contributed by atoms with Crippen LogP contribution in [0.4, 0.5) is 5.69 Å². The number of nitrogens with zero attached hydrogens (tertiary/aromatic N) is 1. The van der Waals surface area contributed by atoms with Gasteiger partial charge in [0, 0.05) is 25.9 Å². The lowest BCUT2D eigenvalue weighted by Gasteiger charge is -2.10. The first-order valence-electron chi connectivity index (χ1n) is 4.38. The molecule has 1 aliphatic rings. The van der Waals surface area contributed by atoms with Gasteiger partial charge in [0.15, 0.2) is 0 Å². The molecule has 0 atom stereocenters. The zero-order chi connectivity index (χ0) is 9.26. The van der Waals surface area contributed by atoms with E-state index in [9.17, 15) is 0 Å². The van der Waals surface area contributed by atoms with Crippen LogP contribution in [0.25, 0.3) is 0 Å². The Morgan fingerprint density at radius 2 is 2.15 bits per heavy atom. The second kappa shape index (κ2) is 3.40.